The summed E-state index contributed by atoms with van der Waals surface area (Å²) >= 11 is 0. The Bertz CT molecular complexity index is 682. The van der Waals surface area contributed by atoms with Gasteiger partial charge >= 0.3 is 6.03 Å². The molecule has 2 amide bonds. The van der Waals surface area contributed by atoms with Crippen molar-refractivity contribution in [1.82, 2.24) is 4.90 Å². The normalized spacial score (nSPS) is 21.5. The van der Waals surface area contributed by atoms with Crippen LogP contribution in [-0.2, 0) is 10.5 Å². The number of hydrogen-bond acceptors (Lipinski definition) is 2. The molecule has 0 bridgehead atoms. The smallest absolute Gasteiger partial charge is 0.346 e. The Morgan fingerprint density at radius 3 is 2.14 bits per heavy atom. The highest BCUT2D eigenvalue weighted by molar-refractivity contribution is 6.16. The molecule has 0 aliphatic carbocycles. The molecule has 2 aromatic rings. The topological polar surface area (TPSA) is 41.9 Å². The number of rotatable bonds is 3. The Hall–Kier alpha value is -2.46. The molecule has 0 radical (unpaired) electrons. The van der Waals surface area contributed by atoms with E-state index in [1.54, 1.807) is 14.2 Å². The van der Waals surface area contributed by atoms with Gasteiger partial charge in [0.15, 0.2) is 0 Å². The molecule has 2 aromatic carbocycles. The fourth-order valence-corrected chi connectivity index (χ4v) is 2.74. The molecule has 0 aromatic heterocycles. The maximum absolute atomic E-state index is 12.2. The molecule has 4 heteroatoms. The van der Waals surface area contributed by atoms with Crippen molar-refractivity contribution in [3.63, 3.8) is 0 Å². The zero-order valence-electron chi connectivity index (χ0n) is 12.0. The number of carbonyl (C=O) groups excluding carboxylic acids is 1. The fraction of sp³-hybridized carbons (Fsp3) is 0.176. The van der Waals surface area contributed by atoms with Gasteiger partial charge in [0.1, 0.15) is 5.71 Å². The lowest BCUT2D eigenvalue weighted by Gasteiger charge is -2.36. The molecule has 1 atom stereocenters. The maximum Gasteiger partial charge on any atom is 0.346 e. The van der Waals surface area contributed by atoms with E-state index in [1.807, 2.05) is 60.7 Å². The van der Waals surface area contributed by atoms with E-state index >= 15 is 0 Å². The molecule has 4 nitrogen and oxygen atoms in total. The van der Waals surface area contributed by atoms with Crippen LogP contribution in [0.2, 0.25) is 0 Å². The number of methoxy groups -OCH3 is 1. The van der Waals surface area contributed by atoms with Crippen LogP contribution in [0.3, 0.4) is 0 Å². The molecule has 1 aliphatic heterocycles. The van der Waals surface area contributed by atoms with Crippen molar-refractivity contribution in [3.05, 3.63) is 71.8 Å². The predicted octanol–water partition coefficient (Wildman–Crippen LogP) is 3.04. The molecule has 1 aliphatic rings. The predicted molar refractivity (Wildman–Crippen MR) is 81.3 cm³/mol. The van der Waals surface area contributed by atoms with E-state index in [2.05, 4.69) is 4.99 Å². The first-order chi connectivity index (χ1) is 10.2. The Balaban J connectivity index is 2.22. The van der Waals surface area contributed by atoms with Crippen molar-refractivity contribution in [3.8, 4) is 0 Å². The van der Waals surface area contributed by atoms with Crippen LogP contribution < -0.4 is 0 Å². The van der Waals surface area contributed by atoms with E-state index in [1.165, 1.54) is 4.90 Å². The van der Waals surface area contributed by atoms with E-state index in [9.17, 15) is 4.79 Å². The number of aliphatic imine (C=N–C) groups is 1. The fourth-order valence-electron chi connectivity index (χ4n) is 2.74. The first-order valence-electron chi connectivity index (χ1n) is 6.73. The van der Waals surface area contributed by atoms with Crippen molar-refractivity contribution in [2.45, 2.75) is 5.72 Å². The number of urea groups is 1. The van der Waals surface area contributed by atoms with Crippen LogP contribution in [0.4, 0.5) is 4.79 Å². The summed E-state index contributed by atoms with van der Waals surface area (Å²) in [6.45, 7) is 0. The van der Waals surface area contributed by atoms with Gasteiger partial charge in [-0.25, -0.2) is 4.79 Å². The number of hydrogen-bond donors (Lipinski definition) is 0. The molecular formula is C17H16N2O2. The third kappa shape index (κ3) is 1.96. The van der Waals surface area contributed by atoms with Crippen LogP contribution >= 0.6 is 0 Å². The number of ether oxygens (including phenoxy) is 1. The van der Waals surface area contributed by atoms with Gasteiger partial charge in [-0.1, -0.05) is 60.7 Å². The zero-order valence-corrected chi connectivity index (χ0v) is 12.0. The lowest BCUT2D eigenvalue weighted by Crippen LogP contribution is -2.48. The lowest BCUT2D eigenvalue weighted by molar-refractivity contribution is -0.0420. The number of nitrogens with zero attached hydrogens (tertiary/aromatic N) is 2. The average molecular weight is 280 g/mol. The van der Waals surface area contributed by atoms with Crippen LogP contribution in [-0.4, -0.2) is 30.8 Å². The highest BCUT2D eigenvalue weighted by Crippen LogP contribution is 2.37. The molecule has 0 fully saturated rings. The summed E-state index contributed by atoms with van der Waals surface area (Å²) in [6.07, 6.45) is 0. The summed E-state index contributed by atoms with van der Waals surface area (Å²) in [5, 5.41) is 0. The standard InChI is InChI=1S/C17H16N2O2/c1-19-16(20)18-15(13-9-5-3-6-10-13)17(19,21-2)14-11-7-4-8-12-14/h3-12H,1-2H3/t17-/m0/s1. The van der Waals surface area contributed by atoms with Gasteiger partial charge in [-0.2, -0.15) is 4.99 Å². The molecule has 0 unspecified atom stereocenters. The molecule has 106 valence electrons. The van der Waals surface area contributed by atoms with E-state index in [0.717, 1.165) is 11.1 Å². The minimum absolute atomic E-state index is 0.306. The molecule has 0 spiro atoms. The van der Waals surface area contributed by atoms with Crippen LogP contribution in [0.25, 0.3) is 0 Å². The molecular weight excluding hydrogens is 264 g/mol. The van der Waals surface area contributed by atoms with Gasteiger partial charge < -0.3 is 4.74 Å². The van der Waals surface area contributed by atoms with Gasteiger partial charge in [0.2, 0.25) is 5.72 Å². The third-order valence-electron chi connectivity index (χ3n) is 3.80. The highest BCUT2D eigenvalue weighted by Gasteiger charge is 2.50. The second-order valence-corrected chi connectivity index (χ2v) is 4.88. The van der Waals surface area contributed by atoms with Gasteiger partial charge in [-0.05, 0) is 0 Å². The van der Waals surface area contributed by atoms with Gasteiger partial charge in [0, 0.05) is 25.3 Å². The SMILES string of the molecule is CO[C@@]1(c2ccccc2)C(c2ccccc2)=NC(=O)N1C. The number of benzene rings is 2. The largest absolute Gasteiger partial charge is 0.349 e. The first kappa shape index (κ1) is 13.5. The van der Waals surface area contributed by atoms with Crippen molar-refractivity contribution in [2.24, 2.45) is 4.99 Å². The summed E-state index contributed by atoms with van der Waals surface area (Å²) in [5.41, 5.74) is 1.38. The molecule has 1 heterocycles. The van der Waals surface area contributed by atoms with Gasteiger partial charge in [-0.15, -0.1) is 0 Å². The van der Waals surface area contributed by atoms with Gasteiger partial charge in [-0.3, -0.25) is 4.90 Å². The monoisotopic (exact) mass is 280 g/mol. The number of likely N-dealkylation sites (N-methyl/N-ethyl adjacent to an activating group) is 1. The van der Waals surface area contributed by atoms with E-state index in [-0.39, 0.29) is 6.03 Å². The minimum Gasteiger partial charge on any atom is -0.349 e. The Morgan fingerprint density at radius 1 is 1.00 bits per heavy atom. The second kappa shape index (κ2) is 5.14. The Labute approximate surface area is 123 Å². The summed E-state index contributed by atoms with van der Waals surface area (Å²) in [5.74, 6) is 0. The van der Waals surface area contributed by atoms with E-state index < -0.39 is 5.72 Å². The molecule has 0 saturated heterocycles. The molecule has 0 saturated carbocycles. The highest BCUT2D eigenvalue weighted by atomic mass is 16.5. The Morgan fingerprint density at radius 2 is 1.57 bits per heavy atom. The molecule has 3 rings (SSSR count). The number of amides is 2. The van der Waals surface area contributed by atoms with E-state index in [0.29, 0.717) is 5.71 Å². The lowest BCUT2D eigenvalue weighted by atomic mass is 9.92. The van der Waals surface area contributed by atoms with Crippen molar-refractivity contribution >= 4 is 11.7 Å². The number of carbonyl (C=O) groups is 1. The zero-order chi connectivity index (χ0) is 14.9. The molecule has 21 heavy (non-hydrogen) atoms. The van der Waals surface area contributed by atoms with Gasteiger partial charge in [0.25, 0.3) is 0 Å². The van der Waals surface area contributed by atoms with Crippen LogP contribution in [0.1, 0.15) is 11.1 Å². The summed E-state index contributed by atoms with van der Waals surface area (Å²) in [7, 11) is 3.30. The summed E-state index contributed by atoms with van der Waals surface area (Å²) in [4.78, 5) is 17.9. The van der Waals surface area contributed by atoms with Crippen LogP contribution in [0.15, 0.2) is 65.7 Å². The third-order valence-corrected chi connectivity index (χ3v) is 3.80. The molecule has 0 N–H and O–H groups in total. The van der Waals surface area contributed by atoms with E-state index in [4.69, 9.17) is 4.74 Å². The average Bonchev–Trinajstić information content (AvgIpc) is 2.81. The second-order valence-electron chi connectivity index (χ2n) is 4.88. The van der Waals surface area contributed by atoms with Gasteiger partial charge in [0.05, 0.1) is 0 Å². The minimum atomic E-state index is -0.986. The van der Waals surface area contributed by atoms with Crippen LogP contribution in [0.5, 0.6) is 0 Å². The van der Waals surface area contributed by atoms with Crippen molar-refractivity contribution < 1.29 is 9.53 Å². The summed E-state index contributed by atoms with van der Waals surface area (Å²) in [6, 6.07) is 19.0. The first-order valence-corrected chi connectivity index (χ1v) is 6.73. The Kier molecular flexibility index (Phi) is 3.31. The quantitative estimate of drug-likeness (QED) is 0.867. The van der Waals surface area contributed by atoms with Crippen molar-refractivity contribution in [2.75, 3.05) is 14.2 Å². The van der Waals surface area contributed by atoms with Crippen LogP contribution in [0, 0.1) is 0 Å². The maximum atomic E-state index is 12.2. The van der Waals surface area contributed by atoms with Crippen molar-refractivity contribution in [1.29, 1.82) is 0 Å². The summed E-state index contributed by atoms with van der Waals surface area (Å²) < 4.78 is 5.81.